The predicted molar refractivity (Wildman–Crippen MR) is 93.7 cm³/mol. The Kier molecular flexibility index (Phi) is 2.55. The molecule has 3 heterocycles. The summed E-state index contributed by atoms with van der Waals surface area (Å²) < 4.78 is 2.69. The van der Waals surface area contributed by atoms with Gasteiger partial charge in [-0.3, -0.25) is 0 Å². The van der Waals surface area contributed by atoms with E-state index in [1.807, 2.05) is 0 Å². The highest BCUT2D eigenvalue weighted by molar-refractivity contribution is 5.23. The highest BCUT2D eigenvalue weighted by Crippen LogP contribution is 2.64. The van der Waals surface area contributed by atoms with Crippen molar-refractivity contribution in [2.24, 2.45) is 35.0 Å². The maximum absolute atomic E-state index is 4.92. The van der Waals surface area contributed by atoms with E-state index >= 15 is 0 Å². The normalized spacial score (nSPS) is 50.3. The zero-order chi connectivity index (χ0) is 16.3. The molecule has 0 amide bonds. The zero-order valence-corrected chi connectivity index (χ0v) is 15.5. The van der Waals surface area contributed by atoms with Crippen LogP contribution < -0.4 is 0 Å². The van der Waals surface area contributed by atoms with Crippen molar-refractivity contribution in [1.82, 2.24) is 14.8 Å². The third-order valence-corrected chi connectivity index (χ3v) is 9.07. The number of hydrogen-bond acceptors (Lipinski definition) is 2. The summed E-state index contributed by atoms with van der Waals surface area (Å²) in [4.78, 5) is 0. The van der Waals surface area contributed by atoms with Gasteiger partial charge in [0.2, 0.25) is 0 Å². The van der Waals surface area contributed by atoms with Crippen LogP contribution in [0.2, 0.25) is 0 Å². The van der Waals surface area contributed by atoms with Crippen LogP contribution in [-0.2, 0) is 11.8 Å². The van der Waals surface area contributed by atoms with Gasteiger partial charge in [-0.25, -0.2) is 0 Å². The second-order valence-corrected chi connectivity index (χ2v) is 10.9. The molecular weight excluding hydrogens is 294 g/mol. The van der Waals surface area contributed by atoms with Crippen LogP contribution in [0.15, 0.2) is 0 Å². The largest absolute Gasteiger partial charge is 0.311 e. The summed E-state index contributed by atoms with van der Waals surface area (Å²) in [6, 6.07) is 0.653. The van der Waals surface area contributed by atoms with Crippen LogP contribution in [0.4, 0.5) is 0 Å². The van der Waals surface area contributed by atoms with E-state index in [9.17, 15) is 0 Å². The maximum Gasteiger partial charge on any atom is 0.139 e. The van der Waals surface area contributed by atoms with Crippen LogP contribution in [0.25, 0.3) is 0 Å². The molecule has 0 spiro atoms. The molecule has 5 aliphatic carbocycles. The third kappa shape index (κ3) is 1.60. The van der Waals surface area contributed by atoms with E-state index in [1.54, 1.807) is 0 Å². The zero-order valence-electron chi connectivity index (χ0n) is 15.5. The van der Waals surface area contributed by atoms with Crippen molar-refractivity contribution in [3.8, 4) is 0 Å². The van der Waals surface area contributed by atoms with Gasteiger partial charge in [0.05, 0.1) is 0 Å². The van der Waals surface area contributed by atoms with Crippen molar-refractivity contribution in [2.45, 2.75) is 83.6 Å². The highest BCUT2D eigenvalue weighted by atomic mass is 15.3. The lowest BCUT2D eigenvalue weighted by atomic mass is 9.49. The van der Waals surface area contributed by atoms with Crippen LogP contribution in [0.3, 0.4) is 0 Å². The highest BCUT2D eigenvalue weighted by Gasteiger charge is 2.58. The lowest BCUT2D eigenvalue weighted by Gasteiger charge is -2.58. The number of rotatable bonds is 1. The molecule has 130 valence electrons. The van der Waals surface area contributed by atoms with Crippen molar-refractivity contribution >= 4 is 0 Å². The molecule has 3 atom stereocenters. The molecule has 3 unspecified atom stereocenters. The molecule has 8 rings (SSSR count). The molecule has 2 aliphatic heterocycles. The van der Waals surface area contributed by atoms with Gasteiger partial charge in [0.25, 0.3) is 0 Å². The van der Waals surface area contributed by atoms with E-state index in [2.05, 4.69) is 25.3 Å². The minimum atomic E-state index is 0.384. The Morgan fingerprint density at radius 1 is 0.917 bits per heavy atom. The smallest absolute Gasteiger partial charge is 0.139 e. The van der Waals surface area contributed by atoms with E-state index < -0.39 is 0 Å². The van der Waals surface area contributed by atoms with Crippen LogP contribution in [0, 0.1) is 35.0 Å². The molecule has 24 heavy (non-hydrogen) atoms. The molecule has 6 bridgehead atoms. The van der Waals surface area contributed by atoms with Crippen molar-refractivity contribution in [1.29, 1.82) is 0 Å². The van der Waals surface area contributed by atoms with Gasteiger partial charge in [0, 0.05) is 17.9 Å². The van der Waals surface area contributed by atoms with Crippen LogP contribution >= 0.6 is 0 Å². The van der Waals surface area contributed by atoms with Gasteiger partial charge in [-0.1, -0.05) is 20.8 Å². The van der Waals surface area contributed by atoms with Gasteiger partial charge in [0.15, 0.2) is 0 Å². The van der Waals surface area contributed by atoms with Crippen molar-refractivity contribution in [3.63, 3.8) is 0 Å². The molecule has 0 radical (unpaired) electrons. The molecule has 1 aromatic heterocycles. The monoisotopic (exact) mass is 325 g/mol. The Balaban J connectivity index is 1.49. The van der Waals surface area contributed by atoms with Gasteiger partial charge >= 0.3 is 0 Å². The molecule has 3 heteroatoms. The fraction of sp³-hybridized carbons (Fsp3) is 0.905. The second kappa shape index (κ2) is 4.27. The average Bonchev–Trinajstić information content (AvgIpc) is 2.79. The minimum absolute atomic E-state index is 0.384. The van der Waals surface area contributed by atoms with Crippen LogP contribution in [-0.4, -0.2) is 14.8 Å². The van der Waals surface area contributed by atoms with E-state index in [1.165, 1.54) is 56.6 Å². The summed E-state index contributed by atoms with van der Waals surface area (Å²) in [5.74, 6) is 7.30. The SMILES string of the molecule is CC1Cc2nnc(C34CC5CC(CC(C5)C3)C4)n2C2CC1C2(C)C. The molecule has 0 N–H and O–H groups in total. The van der Waals surface area contributed by atoms with Crippen LogP contribution in [0.1, 0.15) is 83.4 Å². The van der Waals surface area contributed by atoms with Gasteiger partial charge in [-0.2, -0.15) is 0 Å². The summed E-state index contributed by atoms with van der Waals surface area (Å²) in [7, 11) is 0. The molecule has 3 nitrogen and oxygen atoms in total. The molecule has 7 aliphatic rings. The number of fused-ring (bicyclic) bond motifs is 1. The van der Waals surface area contributed by atoms with Gasteiger partial charge < -0.3 is 4.57 Å². The summed E-state index contributed by atoms with van der Waals surface area (Å²) in [6.07, 6.45) is 11.2. The Labute approximate surface area is 145 Å². The first-order chi connectivity index (χ1) is 11.5. The second-order valence-electron chi connectivity index (χ2n) is 10.9. The third-order valence-electron chi connectivity index (χ3n) is 9.07. The summed E-state index contributed by atoms with van der Waals surface area (Å²) in [5, 5.41) is 9.70. The first-order valence-electron chi connectivity index (χ1n) is 10.4. The summed E-state index contributed by atoms with van der Waals surface area (Å²) in [6.45, 7) is 7.44. The molecule has 5 fully saturated rings. The van der Waals surface area contributed by atoms with Crippen molar-refractivity contribution < 1.29 is 0 Å². The Morgan fingerprint density at radius 2 is 1.54 bits per heavy atom. The Morgan fingerprint density at radius 3 is 2.12 bits per heavy atom. The fourth-order valence-corrected chi connectivity index (χ4v) is 8.31. The minimum Gasteiger partial charge on any atom is -0.311 e. The van der Waals surface area contributed by atoms with E-state index in [-0.39, 0.29) is 0 Å². The number of aromatic nitrogens is 3. The molecular formula is C21H31N3. The molecule has 0 saturated heterocycles. The topological polar surface area (TPSA) is 30.7 Å². The predicted octanol–water partition coefficient (Wildman–Crippen LogP) is 4.53. The standard InChI is InChI=1S/C21H31N3/c1-12-4-18-22-23-19(24(18)17-8-16(12)20(17,2)3)21-9-13-5-14(10-21)7-15(6-13)11-21/h12-17H,4-11H2,1-3H3. The summed E-state index contributed by atoms with van der Waals surface area (Å²) in [5.41, 5.74) is 0.804. The lowest BCUT2D eigenvalue weighted by Crippen LogP contribution is -2.52. The fourth-order valence-electron chi connectivity index (χ4n) is 8.31. The Hall–Kier alpha value is -0.860. The lowest BCUT2D eigenvalue weighted by molar-refractivity contribution is -0.0439. The van der Waals surface area contributed by atoms with E-state index in [4.69, 9.17) is 10.2 Å². The average molecular weight is 326 g/mol. The summed E-state index contributed by atoms with van der Waals surface area (Å²) >= 11 is 0. The first kappa shape index (κ1) is 14.3. The quantitative estimate of drug-likeness (QED) is 0.760. The van der Waals surface area contributed by atoms with Gasteiger partial charge in [-0.15, -0.1) is 10.2 Å². The number of nitrogens with zero attached hydrogens (tertiary/aromatic N) is 3. The molecule has 1 aromatic rings. The molecule has 5 saturated carbocycles. The maximum atomic E-state index is 4.92. The van der Waals surface area contributed by atoms with Crippen molar-refractivity contribution in [2.75, 3.05) is 0 Å². The molecule has 0 aromatic carbocycles. The van der Waals surface area contributed by atoms with Gasteiger partial charge in [-0.05, 0) is 80.0 Å². The van der Waals surface area contributed by atoms with E-state index in [0.29, 0.717) is 16.9 Å². The van der Waals surface area contributed by atoms with Gasteiger partial charge in [0.1, 0.15) is 11.6 Å². The Bertz CT molecular complexity index is 665. The number of hydrogen-bond donors (Lipinski definition) is 0. The van der Waals surface area contributed by atoms with Crippen LogP contribution in [0.5, 0.6) is 0 Å². The van der Waals surface area contributed by atoms with Crippen molar-refractivity contribution in [3.05, 3.63) is 11.6 Å². The van der Waals surface area contributed by atoms with E-state index in [0.717, 1.165) is 36.0 Å². The first-order valence-corrected chi connectivity index (χ1v) is 10.4.